The molecule has 2 heterocycles. The second-order valence-electron chi connectivity index (χ2n) is 6.78. The van der Waals surface area contributed by atoms with E-state index in [2.05, 4.69) is 24.1 Å². The van der Waals surface area contributed by atoms with Crippen molar-refractivity contribution in [1.29, 1.82) is 0 Å². The molecule has 1 aliphatic rings. The fraction of sp³-hybridized carbons (Fsp3) is 0.474. The zero-order valence-corrected chi connectivity index (χ0v) is 17.4. The van der Waals surface area contributed by atoms with Gasteiger partial charge in [-0.15, -0.1) is 0 Å². The summed E-state index contributed by atoms with van der Waals surface area (Å²) in [6.07, 6.45) is 3.07. The maximum atomic E-state index is 11.7. The molecule has 0 saturated heterocycles. The number of nitrogens with zero attached hydrogens (tertiary/aromatic N) is 2. The highest BCUT2D eigenvalue weighted by Crippen LogP contribution is 2.31. The third-order valence-corrected chi connectivity index (χ3v) is 6.12. The standard InChI is InChI=1S/C19H25N3O3S2/c1-13(2)11-20-16(23)9-10-26-27-17-6-4-5-15(21-17)14(3)12-22-18(24)7-8-19(22)25/h4-8,13-14H,9-12H2,1-3H3,(H,20,23). The van der Waals surface area contributed by atoms with Crippen LogP contribution in [-0.2, 0) is 14.4 Å². The highest BCUT2D eigenvalue weighted by atomic mass is 33.1. The highest BCUT2D eigenvalue weighted by Gasteiger charge is 2.25. The summed E-state index contributed by atoms with van der Waals surface area (Å²) in [6, 6.07) is 5.74. The molecular weight excluding hydrogens is 382 g/mol. The van der Waals surface area contributed by atoms with E-state index in [4.69, 9.17) is 0 Å². The lowest BCUT2D eigenvalue weighted by Gasteiger charge is -2.19. The van der Waals surface area contributed by atoms with Crippen molar-refractivity contribution in [3.63, 3.8) is 0 Å². The Morgan fingerprint density at radius 2 is 1.89 bits per heavy atom. The van der Waals surface area contributed by atoms with Crippen LogP contribution in [0.4, 0.5) is 0 Å². The van der Waals surface area contributed by atoms with Crippen LogP contribution in [0, 0.1) is 5.92 Å². The molecule has 2 rings (SSSR count). The first-order valence-electron chi connectivity index (χ1n) is 8.93. The summed E-state index contributed by atoms with van der Waals surface area (Å²) in [6.45, 7) is 7.10. The predicted octanol–water partition coefficient (Wildman–Crippen LogP) is 3.01. The minimum Gasteiger partial charge on any atom is -0.356 e. The van der Waals surface area contributed by atoms with Gasteiger partial charge in [0, 0.05) is 49.0 Å². The lowest BCUT2D eigenvalue weighted by atomic mass is 10.1. The molecule has 1 aromatic rings. The number of rotatable bonds is 10. The zero-order valence-electron chi connectivity index (χ0n) is 15.8. The van der Waals surface area contributed by atoms with E-state index >= 15 is 0 Å². The Morgan fingerprint density at radius 3 is 2.56 bits per heavy atom. The smallest absolute Gasteiger partial charge is 0.253 e. The van der Waals surface area contributed by atoms with Gasteiger partial charge in [0.2, 0.25) is 5.91 Å². The first-order valence-corrected chi connectivity index (χ1v) is 11.3. The zero-order chi connectivity index (χ0) is 19.8. The third kappa shape index (κ3) is 7.03. The molecule has 0 bridgehead atoms. The number of nitrogens with one attached hydrogen (secondary N) is 1. The number of carbonyl (C=O) groups is 3. The molecule has 0 spiro atoms. The van der Waals surface area contributed by atoms with E-state index in [9.17, 15) is 14.4 Å². The monoisotopic (exact) mass is 407 g/mol. The van der Waals surface area contributed by atoms with Gasteiger partial charge in [0.1, 0.15) is 5.03 Å². The summed E-state index contributed by atoms with van der Waals surface area (Å²) in [5, 5.41) is 3.76. The van der Waals surface area contributed by atoms with E-state index in [1.807, 2.05) is 25.1 Å². The molecule has 1 aromatic heterocycles. The minimum atomic E-state index is -0.274. The van der Waals surface area contributed by atoms with E-state index in [1.165, 1.54) is 27.8 Å². The van der Waals surface area contributed by atoms with Crippen LogP contribution in [0.2, 0.25) is 0 Å². The SMILES string of the molecule is CC(C)CNC(=O)CCSSc1cccc(C(C)CN2C(=O)C=CC2=O)n1. The Morgan fingerprint density at radius 1 is 1.19 bits per heavy atom. The Balaban J connectivity index is 1.78. The van der Waals surface area contributed by atoms with Gasteiger partial charge in [-0.05, 0) is 28.8 Å². The van der Waals surface area contributed by atoms with Gasteiger partial charge in [0.05, 0.1) is 0 Å². The van der Waals surface area contributed by atoms with E-state index in [-0.39, 0.29) is 23.6 Å². The number of imide groups is 1. The first-order chi connectivity index (χ1) is 12.9. The van der Waals surface area contributed by atoms with E-state index in [1.54, 1.807) is 10.8 Å². The van der Waals surface area contributed by atoms with E-state index < -0.39 is 0 Å². The largest absolute Gasteiger partial charge is 0.356 e. The molecule has 6 nitrogen and oxygen atoms in total. The molecule has 8 heteroatoms. The normalized spacial score (nSPS) is 14.9. The van der Waals surface area contributed by atoms with Gasteiger partial charge in [0.15, 0.2) is 0 Å². The number of carbonyl (C=O) groups excluding carboxylic acids is 3. The number of pyridine rings is 1. The van der Waals surface area contributed by atoms with Crippen LogP contribution < -0.4 is 5.32 Å². The van der Waals surface area contributed by atoms with Crippen molar-refractivity contribution in [2.75, 3.05) is 18.8 Å². The second kappa shape index (κ2) is 10.5. The predicted molar refractivity (Wildman–Crippen MR) is 109 cm³/mol. The van der Waals surface area contributed by atoms with Crippen LogP contribution in [0.5, 0.6) is 0 Å². The summed E-state index contributed by atoms with van der Waals surface area (Å²) in [5.74, 6) is 0.628. The lowest BCUT2D eigenvalue weighted by Crippen LogP contribution is -2.33. The summed E-state index contributed by atoms with van der Waals surface area (Å²) < 4.78 is 0. The minimum absolute atomic E-state index is 0.0508. The molecule has 3 amide bonds. The van der Waals surface area contributed by atoms with Crippen molar-refractivity contribution in [1.82, 2.24) is 15.2 Å². The van der Waals surface area contributed by atoms with Crippen molar-refractivity contribution >= 4 is 39.3 Å². The summed E-state index contributed by atoms with van der Waals surface area (Å²) in [5.41, 5.74) is 0.836. The maximum absolute atomic E-state index is 11.7. The molecule has 1 unspecified atom stereocenters. The van der Waals surface area contributed by atoms with Gasteiger partial charge in [0.25, 0.3) is 11.8 Å². The molecule has 0 aliphatic carbocycles. The first kappa shape index (κ1) is 21.5. The summed E-state index contributed by atoms with van der Waals surface area (Å²) in [4.78, 5) is 40.9. The highest BCUT2D eigenvalue weighted by molar-refractivity contribution is 8.76. The van der Waals surface area contributed by atoms with Crippen molar-refractivity contribution in [2.45, 2.75) is 38.1 Å². The fourth-order valence-corrected chi connectivity index (χ4v) is 4.26. The molecule has 1 N–H and O–H groups in total. The lowest BCUT2D eigenvalue weighted by molar-refractivity contribution is -0.137. The van der Waals surface area contributed by atoms with Crippen LogP contribution in [0.3, 0.4) is 0 Å². The number of aromatic nitrogens is 1. The summed E-state index contributed by atoms with van der Waals surface area (Å²) in [7, 11) is 3.12. The van der Waals surface area contributed by atoms with E-state index in [0.717, 1.165) is 10.7 Å². The van der Waals surface area contributed by atoms with Crippen LogP contribution in [0.1, 0.15) is 38.8 Å². The van der Waals surface area contributed by atoms with Gasteiger partial charge in [-0.3, -0.25) is 19.3 Å². The van der Waals surface area contributed by atoms with Crippen LogP contribution in [0.25, 0.3) is 0 Å². The molecule has 1 atom stereocenters. The Kier molecular flexibility index (Phi) is 8.37. The van der Waals surface area contributed by atoms with Crippen molar-refractivity contribution < 1.29 is 14.4 Å². The van der Waals surface area contributed by atoms with Gasteiger partial charge < -0.3 is 5.32 Å². The van der Waals surface area contributed by atoms with E-state index in [0.29, 0.717) is 31.2 Å². The van der Waals surface area contributed by atoms with Crippen LogP contribution in [-0.4, -0.2) is 46.4 Å². The van der Waals surface area contributed by atoms with Crippen LogP contribution >= 0.6 is 21.6 Å². The maximum Gasteiger partial charge on any atom is 0.253 e. The molecule has 1 aliphatic heterocycles. The van der Waals surface area contributed by atoms with Gasteiger partial charge >= 0.3 is 0 Å². The second-order valence-corrected chi connectivity index (χ2v) is 9.21. The average molecular weight is 408 g/mol. The molecule has 27 heavy (non-hydrogen) atoms. The summed E-state index contributed by atoms with van der Waals surface area (Å²) >= 11 is 0. The Hall–Kier alpha value is -1.80. The Labute approximate surface area is 168 Å². The van der Waals surface area contributed by atoms with Gasteiger partial charge in [-0.25, -0.2) is 4.98 Å². The number of amides is 3. The Bertz CT molecular complexity index is 704. The number of hydrogen-bond acceptors (Lipinski definition) is 6. The molecule has 0 radical (unpaired) electrons. The average Bonchev–Trinajstić information content (AvgIpc) is 2.95. The fourth-order valence-electron chi connectivity index (χ4n) is 2.37. The van der Waals surface area contributed by atoms with Crippen molar-refractivity contribution in [3.05, 3.63) is 36.0 Å². The van der Waals surface area contributed by atoms with Crippen molar-refractivity contribution in [2.24, 2.45) is 5.92 Å². The third-order valence-electron chi connectivity index (χ3n) is 3.87. The molecule has 146 valence electrons. The molecule has 0 aromatic carbocycles. The van der Waals surface area contributed by atoms with Gasteiger partial charge in [-0.1, -0.05) is 37.6 Å². The molecule has 0 saturated carbocycles. The van der Waals surface area contributed by atoms with Gasteiger partial charge in [-0.2, -0.15) is 0 Å². The molecular formula is C19H25N3O3S2. The quantitative estimate of drug-likeness (QED) is 0.365. The van der Waals surface area contributed by atoms with Crippen molar-refractivity contribution in [3.8, 4) is 0 Å². The number of hydrogen-bond donors (Lipinski definition) is 1. The van der Waals surface area contributed by atoms with Crippen LogP contribution in [0.15, 0.2) is 35.4 Å². The topological polar surface area (TPSA) is 79.4 Å². The molecule has 0 fully saturated rings.